The van der Waals surface area contributed by atoms with Crippen molar-refractivity contribution in [3.8, 4) is 0 Å². The summed E-state index contributed by atoms with van der Waals surface area (Å²) in [5.74, 6) is -1.25. The molecule has 6 nitrogen and oxygen atoms in total. The highest BCUT2D eigenvalue weighted by atomic mass is 35.5. The molecule has 0 bridgehead atoms. The summed E-state index contributed by atoms with van der Waals surface area (Å²) < 4.78 is 67.6. The SMILES string of the molecule is FC(F)c1noc(C2CN(c3ncc(Cl)c(C(F)(F)F)n3)C2)n1. The molecule has 12 heteroatoms. The average molecular weight is 356 g/mol. The Labute approximate surface area is 130 Å². The Morgan fingerprint density at radius 3 is 2.52 bits per heavy atom. The van der Waals surface area contributed by atoms with Gasteiger partial charge in [-0.2, -0.15) is 18.2 Å². The van der Waals surface area contributed by atoms with Crippen LogP contribution in [0.1, 0.15) is 29.8 Å². The van der Waals surface area contributed by atoms with Gasteiger partial charge in [-0.3, -0.25) is 0 Å². The number of alkyl halides is 5. The molecule has 3 rings (SSSR count). The molecule has 0 aliphatic carbocycles. The number of rotatable bonds is 3. The second-order valence-electron chi connectivity index (χ2n) is 4.76. The van der Waals surface area contributed by atoms with E-state index in [1.807, 2.05) is 0 Å². The zero-order valence-electron chi connectivity index (χ0n) is 11.1. The first-order valence-electron chi connectivity index (χ1n) is 6.22. The molecule has 0 N–H and O–H groups in total. The van der Waals surface area contributed by atoms with Gasteiger partial charge in [-0.05, 0) is 0 Å². The number of hydrogen-bond donors (Lipinski definition) is 0. The highest BCUT2D eigenvalue weighted by Crippen LogP contribution is 2.35. The molecule has 23 heavy (non-hydrogen) atoms. The van der Waals surface area contributed by atoms with Gasteiger partial charge in [0.15, 0.2) is 5.69 Å². The molecular weight excluding hydrogens is 349 g/mol. The molecule has 2 aromatic heterocycles. The molecule has 2 aromatic rings. The van der Waals surface area contributed by atoms with Gasteiger partial charge in [0.05, 0.1) is 17.1 Å². The predicted octanol–water partition coefficient (Wildman–Crippen LogP) is 3.07. The summed E-state index contributed by atoms with van der Waals surface area (Å²) in [4.78, 5) is 12.1. The largest absolute Gasteiger partial charge is 0.435 e. The minimum absolute atomic E-state index is 0.00144. The lowest BCUT2D eigenvalue weighted by Gasteiger charge is -2.37. The number of aromatic nitrogens is 4. The van der Waals surface area contributed by atoms with Gasteiger partial charge in [0.1, 0.15) is 0 Å². The normalized spacial score (nSPS) is 16.0. The van der Waals surface area contributed by atoms with Crippen LogP contribution in [0.2, 0.25) is 5.02 Å². The number of nitrogens with zero attached hydrogens (tertiary/aromatic N) is 5. The molecule has 0 saturated carbocycles. The summed E-state index contributed by atoms with van der Waals surface area (Å²) in [6, 6.07) is 0. The molecule has 1 aliphatic rings. The van der Waals surface area contributed by atoms with Crippen LogP contribution in [-0.2, 0) is 6.18 Å². The van der Waals surface area contributed by atoms with Crippen molar-refractivity contribution in [2.45, 2.75) is 18.5 Å². The Bertz CT molecular complexity index is 715. The van der Waals surface area contributed by atoms with Gasteiger partial charge < -0.3 is 9.42 Å². The molecule has 0 radical (unpaired) electrons. The molecule has 0 amide bonds. The van der Waals surface area contributed by atoms with E-state index in [0.717, 1.165) is 6.20 Å². The van der Waals surface area contributed by atoms with Crippen LogP contribution >= 0.6 is 11.6 Å². The Hall–Kier alpha value is -2.04. The smallest absolute Gasteiger partial charge is 0.339 e. The Morgan fingerprint density at radius 2 is 1.96 bits per heavy atom. The second kappa shape index (κ2) is 5.55. The van der Waals surface area contributed by atoms with Crippen LogP contribution in [-0.4, -0.2) is 33.2 Å². The highest BCUT2D eigenvalue weighted by Gasteiger charge is 2.39. The topological polar surface area (TPSA) is 67.9 Å². The maximum atomic E-state index is 12.7. The summed E-state index contributed by atoms with van der Waals surface area (Å²) in [7, 11) is 0. The molecule has 0 unspecified atom stereocenters. The summed E-state index contributed by atoms with van der Waals surface area (Å²) in [5, 5.41) is 2.52. The van der Waals surface area contributed by atoms with E-state index in [-0.39, 0.29) is 30.8 Å². The van der Waals surface area contributed by atoms with Crippen LogP contribution in [0.3, 0.4) is 0 Å². The summed E-state index contributed by atoms with van der Waals surface area (Å²) >= 11 is 5.44. The third kappa shape index (κ3) is 3.05. The molecule has 124 valence electrons. The predicted molar refractivity (Wildman–Crippen MR) is 66.3 cm³/mol. The molecule has 1 fully saturated rings. The Balaban J connectivity index is 1.72. The van der Waals surface area contributed by atoms with Crippen molar-refractivity contribution >= 4 is 17.5 Å². The van der Waals surface area contributed by atoms with Crippen molar-refractivity contribution in [3.63, 3.8) is 0 Å². The molecule has 1 aliphatic heterocycles. The number of halogens is 6. The maximum Gasteiger partial charge on any atom is 0.435 e. The maximum absolute atomic E-state index is 12.7. The summed E-state index contributed by atoms with van der Waals surface area (Å²) in [5.41, 5.74) is -1.23. The quantitative estimate of drug-likeness (QED) is 0.788. The third-order valence-electron chi connectivity index (χ3n) is 3.17. The minimum atomic E-state index is -4.70. The van der Waals surface area contributed by atoms with Gasteiger partial charge in [0.2, 0.25) is 17.7 Å². The molecule has 3 heterocycles. The van der Waals surface area contributed by atoms with Crippen LogP contribution in [0.4, 0.5) is 27.9 Å². The van der Waals surface area contributed by atoms with E-state index in [0.29, 0.717) is 0 Å². The van der Waals surface area contributed by atoms with Crippen molar-refractivity contribution in [1.82, 2.24) is 20.1 Å². The molecule has 0 spiro atoms. The van der Waals surface area contributed by atoms with E-state index in [4.69, 9.17) is 16.1 Å². The first kappa shape index (κ1) is 15.8. The van der Waals surface area contributed by atoms with Crippen LogP contribution < -0.4 is 4.90 Å². The van der Waals surface area contributed by atoms with Gasteiger partial charge in [-0.15, -0.1) is 0 Å². The first-order valence-corrected chi connectivity index (χ1v) is 6.60. The molecule has 1 saturated heterocycles. The van der Waals surface area contributed by atoms with Crippen molar-refractivity contribution in [1.29, 1.82) is 0 Å². The van der Waals surface area contributed by atoms with Gasteiger partial charge in [0.25, 0.3) is 0 Å². The number of hydrogen-bond acceptors (Lipinski definition) is 6. The van der Waals surface area contributed by atoms with Crippen LogP contribution in [0, 0.1) is 0 Å². The average Bonchev–Trinajstić information content (AvgIpc) is 2.87. The second-order valence-corrected chi connectivity index (χ2v) is 5.16. The van der Waals surface area contributed by atoms with E-state index >= 15 is 0 Å². The van der Waals surface area contributed by atoms with Gasteiger partial charge in [-0.1, -0.05) is 16.8 Å². The van der Waals surface area contributed by atoms with Gasteiger partial charge >= 0.3 is 12.6 Å². The fraction of sp³-hybridized carbons (Fsp3) is 0.455. The van der Waals surface area contributed by atoms with Crippen LogP contribution in [0.5, 0.6) is 0 Å². The molecular formula is C11H7ClF5N5O. The highest BCUT2D eigenvalue weighted by molar-refractivity contribution is 6.31. The standard InChI is InChI=1S/C11H7ClF5N5O/c12-5-1-18-10(19-6(5)11(15,16)17)22-2-4(3-22)9-20-8(7(13)14)21-23-9/h1,4,7H,2-3H2. The fourth-order valence-corrected chi connectivity index (χ4v) is 2.21. The Morgan fingerprint density at radius 1 is 1.26 bits per heavy atom. The first-order chi connectivity index (χ1) is 10.8. The van der Waals surface area contributed by atoms with Crippen LogP contribution in [0.15, 0.2) is 10.7 Å². The van der Waals surface area contributed by atoms with E-state index in [9.17, 15) is 22.0 Å². The van der Waals surface area contributed by atoms with Crippen LogP contribution in [0.25, 0.3) is 0 Å². The van der Waals surface area contributed by atoms with E-state index < -0.39 is 29.1 Å². The lowest BCUT2D eigenvalue weighted by atomic mass is 10.0. The van der Waals surface area contributed by atoms with E-state index in [2.05, 4.69) is 20.1 Å². The zero-order valence-corrected chi connectivity index (χ0v) is 11.8. The minimum Gasteiger partial charge on any atom is -0.339 e. The third-order valence-corrected chi connectivity index (χ3v) is 3.44. The van der Waals surface area contributed by atoms with Crippen molar-refractivity contribution in [3.05, 3.63) is 28.6 Å². The molecule has 0 aromatic carbocycles. The van der Waals surface area contributed by atoms with E-state index in [1.165, 1.54) is 4.90 Å². The zero-order chi connectivity index (χ0) is 16.8. The Kier molecular flexibility index (Phi) is 3.82. The van der Waals surface area contributed by atoms with Crippen molar-refractivity contribution < 1.29 is 26.5 Å². The lowest BCUT2D eigenvalue weighted by Crippen LogP contribution is -2.46. The van der Waals surface area contributed by atoms with Gasteiger partial charge in [-0.25, -0.2) is 18.7 Å². The van der Waals surface area contributed by atoms with Crippen molar-refractivity contribution in [2.75, 3.05) is 18.0 Å². The van der Waals surface area contributed by atoms with Gasteiger partial charge in [0, 0.05) is 13.1 Å². The van der Waals surface area contributed by atoms with Crippen molar-refractivity contribution in [2.24, 2.45) is 0 Å². The van der Waals surface area contributed by atoms with E-state index in [1.54, 1.807) is 0 Å². The number of anilines is 1. The fourth-order valence-electron chi connectivity index (χ4n) is 2.01. The summed E-state index contributed by atoms with van der Waals surface area (Å²) in [6.07, 6.45) is -6.68. The summed E-state index contributed by atoms with van der Waals surface area (Å²) in [6.45, 7) is 0.341. The lowest BCUT2D eigenvalue weighted by molar-refractivity contribution is -0.141. The molecule has 0 atom stereocenters. The monoisotopic (exact) mass is 355 g/mol.